The molecule has 1 aliphatic heterocycles. The summed E-state index contributed by atoms with van der Waals surface area (Å²) >= 11 is 6.25. The van der Waals surface area contributed by atoms with Crippen LogP contribution in [0.3, 0.4) is 0 Å². The molecule has 2 aromatic carbocycles. The second-order valence-corrected chi connectivity index (χ2v) is 7.26. The van der Waals surface area contributed by atoms with Crippen LogP contribution in [0, 0.1) is 6.92 Å². The fourth-order valence-electron chi connectivity index (χ4n) is 2.31. The van der Waals surface area contributed by atoms with Crippen LogP contribution in [0.5, 0.6) is 11.5 Å². The van der Waals surface area contributed by atoms with Crippen molar-refractivity contribution < 1.29 is 14.3 Å². The van der Waals surface area contributed by atoms with E-state index in [0.29, 0.717) is 27.3 Å². The molecule has 0 radical (unpaired) electrons. The smallest absolute Gasteiger partial charge is 0.263 e. The predicted molar refractivity (Wildman–Crippen MR) is 105 cm³/mol. The second kappa shape index (κ2) is 7.72. The average molecular weight is 371 g/mol. The molecule has 25 heavy (non-hydrogen) atoms. The Morgan fingerprint density at radius 1 is 1.16 bits per heavy atom. The maximum Gasteiger partial charge on any atom is 0.263 e. The molecule has 0 unspecified atom stereocenters. The standard InChI is InChI=1S/C19H17NO3S2/c1-12-3-5-13(6-4-12)11-23-15-8-7-14(9-16(15)22-2)10-17-18(21)20-19(24)25-17/h3-10H,11H2,1-2H3,(H,20,21,24)/b17-10-. The number of ether oxygens (including phenoxy) is 2. The molecule has 0 aromatic heterocycles. The van der Waals surface area contributed by atoms with Crippen LogP contribution in [0.4, 0.5) is 0 Å². The first-order valence-electron chi connectivity index (χ1n) is 7.66. The number of carbonyl (C=O) groups excluding carboxylic acids is 1. The Labute approximate surface area is 156 Å². The summed E-state index contributed by atoms with van der Waals surface area (Å²) in [6, 6.07) is 13.8. The number of hydrogen-bond donors (Lipinski definition) is 1. The lowest BCUT2D eigenvalue weighted by atomic mass is 10.1. The van der Waals surface area contributed by atoms with Crippen molar-refractivity contribution in [3.63, 3.8) is 0 Å². The van der Waals surface area contributed by atoms with Crippen molar-refractivity contribution in [3.8, 4) is 11.5 Å². The zero-order valence-electron chi connectivity index (χ0n) is 13.9. The van der Waals surface area contributed by atoms with Gasteiger partial charge in [-0.3, -0.25) is 4.79 Å². The molecular weight excluding hydrogens is 354 g/mol. The van der Waals surface area contributed by atoms with Gasteiger partial charge in [0.2, 0.25) is 0 Å². The Hall–Kier alpha value is -2.31. The molecule has 0 bridgehead atoms. The van der Waals surface area contributed by atoms with E-state index >= 15 is 0 Å². The fraction of sp³-hybridized carbons (Fsp3) is 0.158. The van der Waals surface area contributed by atoms with Gasteiger partial charge in [-0.25, -0.2) is 0 Å². The summed E-state index contributed by atoms with van der Waals surface area (Å²) in [7, 11) is 1.59. The maximum atomic E-state index is 11.8. The number of thioether (sulfide) groups is 1. The van der Waals surface area contributed by atoms with Gasteiger partial charge >= 0.3 is 0 Å². The number of nitrogens with one attached hydrogen (secondary N) is 1. The number of methoxy groups -OCH3 is 1. The Balaban J connectivity index is 1.75. The van der Waals surface area contributed by atoms with Crippen molar-refractivity contribution in [1.82, 2.24) is 5.32 Å². The highest BCUT2D eigenvalue weighted by Gasteiger charge is 2.22. The highest BCUT2D eigenvalue weighted by molar-refractivity contribution is 8.26. The molecule has 4 nitrogen and oxygen atoms in total. The van der Waals surface area contributed by atoms with Gasteiger partial charge in [0.05, 0.1) is 12.0 Å². The lowest BCUT2D eigenvalue weighted by Crippen LogP contribution is -2.17. The number of hydrogen-bond acceptors (Lipinski definition) is 5. The summed E-state index contributed by atoms with van der Waals surface area (Å²) in [6.45, 7) is 2.51. The topological polar surface area (TPSA) is 47.6 Å². The van der Waals surface area contributed by atoms with E-state index in [2.05, 4.69) is 24.4 Å². The van der Waals surface area contributed by atoms with Crippen LogP contribution in [0.1, 0.15) is 16.7 Å². The Morgan fingerprint density at radius 2 is 1.92 bits per heavy atom. The molecule has 1 heterocycles. The Kier molecular flexibility index (Phi) is 5.40. The number of aryl methyl sites for hydroxylation is 1. The van der Waals surface area contributed by atoms with E-state index in [4.69, 9.17) is 21.7 Å². The maximum absolute atomic E-state index is 11.8. The Morgan fingerprint density at radius 3 is 2.56 bits per heavy atom. The van der Waals surface area contributed by atoms with Gasteiger partial charge in [-0.2, -0.15) is 0 Å². The summed E-state index contributed by atoms with van der Waals surface area (Å²) in [5.41, 5.74) is 3.15. The molecule has 1 saturated heterocycles. The van der Waals surface area contributed by atoms with Gasteiger partial charge in [0.15, 0.2) is 11.5 Å². The third kappa shape index (κ3) is 4.41. The lowest BCUT2D eigenvalue weighted by Gasteiger charge is -2.11. The molecule has 0 atom stereocenters. The molecule has 1 amide bonds. The SMILES string of the molecule is COc1cc(/C=C2\SC(=S)NC2=O)ccc1OCc1ccc(C)cc1. The van der Waals surface area contributed by atoms with Gasteiger partial charge in [-0.1, -0.05) is 59.9 Å². The first kappa shape index (κ1) is 17.5. The molecule has 128 valence electrons. The van der Waals surface area contributed by atoms with Crippen LogP contribution < -0.4 is 14.8 Å². The number of carbonyl (C=O) groups is 1. The quantitative estimate of drug-likeness (QED) is 0.634. The second-order valence-electron chi connectivity index (χ2n) is 5.54. The van der Waals surface area contributed by atoms with Gasteiger partial charge in [-0.15, -0.1) is 0 Å². The fourth-order valence-corrected chi connectivity index (χ4v) is 3.36. The van der Waals surface area contributed by atoms with Gasteiger partial charge in [0.25, 0.3) is 5.91 Å². The summed E-state index contributed by atoms with van der Waals surface area (Å²) in [5, 5.41) is 2.60. The van der Waals surface area contributed by atoms with E-state index in [1.165, 1.54) is 17.3 Å². The highest BCUT2D eigenvalue weighted by atomic mass is 32.2. The van der Waals surface area contributed by atoms with Gasteiger partial charge in [0, 0.05) is 0 Å². The number of rotatable bonds is 5. The minimum absolute atomic E-state index is 0.173. The average Bonchev–Trinajstić information content (AvgIpc) is 2.92. The minimum Gasteiger partial charge on any atom is -0.493 e. The van der Waals surface area contributed by atoms with Crippen molar-refractivity contribution >= 4 is 40.3 Å². The van der Waals surface area contributed by atoms with Crippen LogP contribution in [-0.4, -0.2) is 17.3 Å². The first-order valence-corrected chi connectivity index (χ1v) is 8.89. The number of benzene rings is 2. The largest absolute Gasteiger partial charge is 0.493 e. The highest BCUT2D eigenvalue weighted by Crippen LogP contribution is 2.32. The molecule has 1 N–H and O–H groups in total. The summed E-state index contributed by atoms with van der Waals surface area (Å²) in [4.78, 5) is 12.3. The van der Waals surface area contributed by atoms with Crippen molar-refractivity contribution in [2.24, 2.45) is 0 Å². The Bertz CT molecular complexity index is 844. The first-order chi connectivity index (χ1) is 12.0. The van der Waals surface area contributed by atoms with Crippen molar-refractivity contribution in [1.29, 1.82) is 0 Å². The monoisotopic (exact) mass is 371 g/mol. The van der Waals surface area contributed by atoms with Crippen LogP contribution in [0.15, 0.2) is 47.4 Å². The third-order valence-electron chi connectivity index (χ3n) is 3.64. The molecule has 6 heteroatoms. The van der Waals surface area contributed by atoms with Crippen LogP contribution in [-0.2, 0) is 11.4 Å². The van der Waals surface area contributed by atoms with Crippen LogP contribution >= 0.6 is 24.0 Å². The molecule has 0 saturated carbocycles. The molecule has 2 aromatic rings. The van der Waals surface area contributed by atoms with Gasteiger partial charge in [0.1, 0.15) is 10.9 Å². The zero-order chi connectivity index (χ0) is 17.8. The number of thiocarbonyl (C=S) groups is 1. The molecule has 3 rings (SSSR count). The van der Waals surface area contributed by atoms with E-state index < -0.39 is 0 Å². The number of amides is 1. The minimum atomic E-state index is -0.173. The predicted octanol–water partition coefficient (Wildman–Crippen LogP) is 4.07. The third-order valence-corrected chi connectivity index (χ3v) is 4.81. The van der Waals surface area contributed by atoms with Crippen LogP contribution in [0.25, 0.3) is 6.08 Å². The summed E-state index contributed by atoms with van der Waals surface area (Å²) in [6.07, 6.45) is 1.78. The summed E-state index contributed by atoms with van der Waals surface area (Å²) < 4.78 is 11.8. The van der Waals surface area contributed by atoms with Crippen LogP contribution in [0.2, 0.25) is 0 Å². The van der Waals surface area contributed by atoms with E-state index in [9.17, 15) is 4.79 Å². The summed E-state index contributed by atoms with van der Waals surface area (Å²) in [5.74, 6) is 1.10. The molecule has 0 aliphatic carbocycles. The van der Waals surface area contributed by atoms with Crippen molar-refractivity contribution in [3.05, 3.63) is 64.1 Å². The zero-order valence-corrected chi connectivity index (χ0v) is 15.5. The molecular formula is C19H17NO3S2. The molecule has 0 spiro atoms. The van der Waals surface area contributed by atoms with Gasteiger partial charge in [-0.05, 0) is 36.3 Å². The molecule has 1 fully saturated rings. The van der Waals surface area contributed by atoms with E-state index in [1.54, 1.807) is 13.2 Å². The van der Waals surface area contributed by atoms with E-state index in [1.807, 2.05) is 30.3 Å². The normalized spacial score (nSPS) is 15.4. The van der Waals surface area contributed by atoms with Crippen molar-refractivity contribution in [2.75, 3.05) is 7.11 Å². The van der Waals surface area contributed by atoms with Crippen molar-refractivity contribution in [2.45, 2.75) is 13.5 Å². The van der Waals surface area contributed by atoms with E-state index in [0.717, 1.165) is 11.1 Å². The molecule has 1 aliphatic rings. The lowest BCUT2D eigenvalue weighted by molar-refractivity contribution is -0.115. The van der Waals surface area contributed by atoms with Gasteiger partial charge < -0.3 is 14.8 Å². The van der Waals surface area contributed by atoms with E-state index in [-0.39, 0.29) is 5.91 Å².